The van der Waals surface area contributed by atoms with E-state index in [0.717, 1.165) is 18.4 Å². The first kappa shape index (κ1) is 12.3. The third-order valence-electron chi connectivity index (χ3n) is 2.13. The summed E-state index contributed by atoms with van der Waals surface area (Å²) in [5.41, 5.74) is 1.10. The highest BCUT2D eigenvalue weighted by Gasteiger charge is 1.92. The van der Waals surface area contributed by atoms with Crippen LogP contribution >= 0.6 is 0 Å². The first-order valence-electron chi connectivity index (χ1n) is 5.59. The number of carbonyl (C=O) groups excluding carboxylic acids is 1. The summed E-state index contributed by atoms with van der Waals surface area (Å²) in [7, 11) is 0. The number of ketones is 1. The molecule has 1 aromatic carbocycles. The van der Waals surface area contributed by atoms with Gasteiger partial charge in [-0.2, -0.15) is 0 Å². The molecule has 0 amide bonds. The van der Waals surface area contributed by atoms with Gasteiger partial charge in [0.25, 0.3) is 0 Å². The molecular weight excluding hydrogens is 196 g/mol. The Labute approximate surface area is 97.2 Å². The molecule has 0 heterocycles. The molecule has 0 aliphatic carbocycles. The lowest BCUT2D eigenvalue weighted by Gasteiger charge is -1.88. The summed E-state index contributed by atoms with van der Waals surface area (Å²) in [5, 5.41) is 0. The molecule has 0 aliphatic heterocycles. The van der Waals surface area contributed by atoms with Crippen LogP contribution in [0.2, 0.25) is 0 Å². The Morgan fingerprint density at radius 1 is 1.31 bits per heavy atom. The molecule has 0 N–H and O–H groups in total. The van der Waals surface area contributed by atoms with Crippen molar-refractivity contribution in [3.8, 4) is 11.8 Å². The first-order valence-corrected chi connectivity index (χ1v) is 5.59. The van der Waals surface area contributed by atoms with Crippen molar-refractivity contribution in [3.05, 3.63) is 42.0 Å². The minimum atomic E-state index is 0.0274. The average Bonchev–Trinajstić information content (AvgIpc) is 2.33. The summed E-state index contributed by atoms with van der Waals surface area (Å²) in [5.74, 6) is 5.40. The van der Waals surface area contributed by atoms with Gasteiger partial charge in [-0.05, 0) is 30.1 Å². The topological polar surface area (TPSA) is 17.1 Å². The summed E-state index contributed by atoms with van der Waals surface area (Å²) >= 11 is 0. The highest BCUT2D eigenvalue weighted by molar-refractivity contribution is 5.95. The molecule has 1 rings (SSSR count). The third-order valence-corrected chi connectivity index (χ3v) is 2.13. The molecule has 0 atom stereocenters. The van der Waals surface area contributed by atoms with Crippen LogP contribution in [0.1, 0.15) is 31.7 Å². The monoisotopic (exact) mass is 212 g/mol. The smallest absolute Gasteiger partial charge is 0.205 e. The van der Waals surface area contributed by atoms with Crippen LogP contribution in [0.25, 0.3) is 6.08 Å². The van der Waals surface area contributed by atoms with Crippen molar-refractivity contribution in [2.24, 2.45) is 0 Å². The van der Waals surface area contributed by atoms with Crippen LogP contribution in [0.5, 0.6) is 0 Å². The molecule has 0 spiro atoms. The number of allylic oxidation sites excluding steroid dienone is 1. The maximum atomic E-state index is 11.2. The van der Waals surface area contributed by atoms with Crippen molar-refractivity contribution in [2.75, 3.05) is 0 Å². The van der Waals surface area contributed by atoms with Gasteiger partial charge in [-0.25, -0.2) is 0 Å². The van der Waals surface area contributed by atoms with Gasteiger partial charge < -0.3 is 0 Å². The van der Waals surface area contributed by atoms with Gasteiger partial charge in [-0.1, -0.05) is 49.6 Å². The Bertz CT molecular complexity index is 404. The second-order valence-corrected chi connectivity index (χ2v) is 3.54. The molecule has 0 aliphatic rings. The molecule has 0 saturated heterocycles. The Morgan fingerprint density at radius 2 is 2.06 bits per heavy atom. The standard InChI is InChI=1S/C15H16O/c1-2-3-12-15(16)13-8-7-11-14-9-5-4-6-10-14/h4-7,9-11H,2-3,12H2,1H3/b11-7+. The molecule has 0 radical (unpaired) electrons. The fourth-order valence-electron chi connectivity index (χ4n) is 1.22. The zero-order valence-electron chi connectivity index (χ0n) is 9.57. The molecule has 16 heavy (non-hydrogen) atoms. The van der Waals surface area contributed by atoms with Crippen molar-refractivity contribution in [3.63, 3.8) is 0 Å². The van der Waals surface area contributed by atoms with E-state index in [9.17, 15) is 4.79 Å². The van der Waals surface area contributed by atoms with Crippen molar-refractivity contribution in [2.45, 2.75) is 26.2 Å². The van der Waals surface area contributed by atoms with Crippen molar-refractivity contribution in [1.29, 1.82) is 0 Å². The lowest BCUT2D eigenvalue weighted by Crippen LogP contribution is -1.91. The predicted molar refractivity (Wildman–Crippen MR) is 67.8 cm³/mol. The Kier molecular flexibility index (Phi) is 5.73. The van der Waals surface area contributed by atoms with Crippen LogP contribution in [0, 0.1) is 11.8 Å². The number of unbranched alkanes of at least 4 members (excludes halogenated alkanes) is 1. The highest BCUT2D eigenvalue weighted by Crippen LogP contribution is 2.00. The normalized spacial score (nSPS) is 9.81. The molecule has 0 saturated carbocycles. The SMILES string of the molecule is CCCCC(=O)C#C/C=C/c1ccccc1. The molecule has 82 valence electrons. The van der Waals surface area contributed by atoms with E-state index in [1.807, 2.05) is 36.4 Å². The largest absolute Gasteiger partial charge is 0.285 e. The van der Waals surface area contributed by atoms with Gasteiger partial charge in [-0.15, -0.1) is 0 Å². The van der Waals surface area contributed by atoms with Crippen LogP contribution in [0.4, 0.5) is 0 Å². The van der Waals surface area contributed by atoms with Crippen molar-refractivity contribution < 1.29 is 4.79 Å². The van der Waals surface area contributed by atoms with Crippen LogP contribution in [0.3, 0.4) is 0 Å². The Hall–Kier alpha value is -1.81. The van der Waals surface area contributed by atoms with Crippen molar-refractivity contribution >= 4 is 11.9 Å². The van der Waals surface area contributed by atoms with Crippen LogP contribution in [-0.2, 0) is 4.79 Å². The summed E-state index contributed by atoms with van der Waals surface area (Å²) < 4.78 is 0. The predicted octanol–water partition coefficient (Wildman–Crippen LogP) is 3.46. The number of Topliss-reactive ketones (excluding diaryl/α,β-unsaturated/α-hetero) is 1. The average molecular weight is 212 g/mol. The van der Waals surface area contributed by atoms with Gasteiger partial charge in [-0.3, -0.25) is 4.79 Å². The van der Waals surface area contributed by atoms with Crippen LogP contribution < -0.4 is 0 Å². The fourth-order valence-corrected chi connectivity index (χ4v) is 1.22. The number of benzene rings is 1. The van der Waals surface area contributed by atoms with Gasteiger partial charge in [0.2, 0.25) is 5.78 Å². The zero-order valence-corrected chi connectivity index (χ0v) is 9.57. The number of hydrogen-bond acceptors (Lipinski definition) is 1. The highest BCUT2D eigenvalue weighted by atomic mass is 16.1. The second-order valence-electron chi connectivity index (χ2n) is 3.54. The quantitative estimate of drug-likeness (QED) is 0.551. The van der Waals surface area contributed by atoms with E-state index in [1.165, 1.54) is 0 Å². The summed E-state index contributed by atoms with van der Waals surface area (Å²) in [6.07, 6.45) is 6.16. The van der Waals surface area contributed by atoms with Gasteiger partial charge in [0.15, 0.2) is 0 Å². The van der Waals surface area contributed by atoms with E-state index >= 15 is 0 Å². The maximum Gasteiger partial charge on any atom is 0.205 e. The summed E-state index contributed by atoms with van der Waals surface area (Å²) in [6.45, 7) is 2.07. The molecule has 1 aromatic rings. The molecule has 0 unspecified atom stereocenters. The minimum Gasteiger partial charge on any atom is -0.285 e. The van der Waals surface area contributed by atoms with Crippen LogP contribution in [0.15, 0.2) is 36.4 Å². The van der Waals surface area contributed by atoms with Gasteiger partial charge in [0.05, 0.1) is 0 Å². The van der Waals surface area contributed by atoms with Gasteiger partial charge in [0, 0.05) is 6.42 Å². The summed E-state index contributed by atoms with van der Waals surface area (Å²) in [4.78, 5) is 11.2. The van der Waals surface area contributed by atoms with Gasteiger partial charge >= 0.3 is 0 Å². The van der Waals surface area contributed by atoms with E-state index in [-0.39, 0.29) is 5.78 Å². The molecular formula is C15H16O. The molecule has 0 aromatic heterocycles. The third kappa shape index (κ3) is 5.17. The van der Waals surface area contributed by atoms with E-state index in [2.05, 4.69) is 18.8 Å². The van der Waals surface area contributed by atoms with E-state index in [4.69, 9.17) is 0 Å². The molecule has 1 heteroatoms. The Balaban J connectivity index is 2.42. The maximum absolute atomic E-state index is 11.2. The second kappa shape index (κ2) is 7.48. The number of carbonyl (C=O) groups is 1. The number of rotatable bonds is 4. The lowest BCUT2D eigenvalue weighted by molar-refractivity contribution is -0.113. The zero-order chi connectivity index (χ0) is 11.6. The first-order chi connectivity index (χ1) is 7.83. The summed E-state index contributed by atoms with van der Waals surface area (Å²) in [6, 6.07) is 9.91. The van der Waals surface area contributed by atoms with Gasteiger partial charge in [0.1, 0.15) is 0 Å². The van der Waals surface area contributed by atoms with Crippen molar-refractivity contribution in [1.82, 2.24) is 0 Å². The number of hydrogen-bond donors (Lipinski definition) is 0. The molecule has 0 fully saturated rings. The minimum absolute atomic E-state index is 0.0274. The molecule has 1 nitrogen and oxygen atoms in total. The lowest BCUT2D eigenvalue weighted by atomic mass is 10.2. The van der Waals surface area contributed by atoms with E-state index < -0.39 is 0 Å². The van der Waals surface area contributed by atoms with E-state index in [0.29, 0.717) is 6.42 Å². The molecule has 0 bridgehead atoms. The fraction of sp³-hybridized carbons (Fsp3) is 0.267. The van der Waals surface area contributed by atoms with E-state index in [1.54, 1.807) is 6.08 Å². The van der Waals surface area contributed by atoms with Crippen LogP contribution in [-0.4, -0.2) is 5.78 Å². The Morgan fingerprint density at radius 3 is 2.75 bits per heavy atom.